The van der Waals surface area contributed by atoms with Crippen molar-refractivity contribution in [1.82, 2.24) is 15.2 Å². The summed E-state index contributed by atoms with van der Waals surface area (Å²) in [5.74, 6) is 0.785. The van der Waals surface area contributed by atoms with Crippen LogP contribution >= 0.6 is 0 Å². The number of hydrogen-bond acceptors (Lipinski definition) is 3. The van der Waals surface area contributed by atoms with Crippen LogP contribution in [-0.2, 0) is 13.6 Å². The number of urea groups is 1. The van der Waals surface area contributed by atoms with Crippen molar-refractivity contribution in [3.05, 3.63) is 53.9 Å². The lowest BCUT2D eigenvalue weighted by Gasteiger charge is -2.13. The first-order valence-corrected chi connectivity index (χ1v) is 7.54. The molecule has 2 aromatic rings. The summed E-state index contributed by atoms with van der Waals surface area (Å²) in [6.45, 7) is 0.844. The Labute approximate surface area is 136 Å². The van der Waals surface area contributed by atoms with Gasteiger partial charge in [-0.1, -0.05) is 12.1 Å². The Morgan fingerprint density at radius 2 is 2.00 bits per heavy atom. The maximum atomic E-state index is 11.7. The van der Waals surface area contributed by atoms with Crippen LogP contribution in [0.1, 0.15) is 23.8 Å². The molecule has 23 heavy (non-hydrogen) atoms. The Bertz CT molecular complexity index is 622. The zero-order valence-electron chi connectivity index (χ0n) is 13.5. The summed E-state index contributed by atoms with van der Waals surface area (Å²) in [5, 5.41) is 15.6. The van der Waals surface area contributed by atoms with Crippen molar-refractivity contribution >= 4 is 6.03 Å². The summed E-state index contributed by atoms with van der Waals surface area (Å²) >= 11 is 0. The van der Waals surface area contributed by atoms with E-state index in [1.165, 1.54) is 0 Å². The molecule has 124 valence electrons. The average Bonchev–Trinajstić information content (AvgIpc) is 2.99. The largest absolute Gasteiger partial charge is 0.497 e. The minimum Gasteiger partial charge on any atom is -0.497 e. The number of hydrogen-bond donors (Lipinski definition) is 3. The molecule has 1 aromatic heterocycles. The molecule has 0 aliphatic heterocycles. The van der Waals surface area contributed by atoms with Crippen LogP contribution in [0.15, 0.2) is 42.6 Å². The highest BCUT2D eigenvalue weighted by Gasteiger charge is 2.10. The quantitative estimate of drug-likeness (QED) is 0.731. The smallest absolute Gasteiger partial charge is 0.315 e. The first-order chi connectivity index (χ1) is 11.1. The van der Waals surface area contributed by atoms with E-state index in [0.717, 1.165) is 17.0 Å². The van der Waals surface area contributed by atoms with Gasteiger partial charge in [-0.15, -0.1) is 0 Å². The second-order valence-corrected chi connectivity index (χ2v) is 5.31. The number of carbonyl (C=O) groups excluding carboxylic acids is 1. The molecule has 2 amide bonds. The first kappa shape index (κ1) is 16.9. The highest BCUT2D eigenvalue weighted by atomic mass is 16.5. The number of nitrogens with one attached hydrogen (secondary N) is 2. The van der Waals surface area contributed by atoms with Crippen LogP contribution in [0.4, 0.5) is 4.79 Å². The molecule has 2 rings (SSSR count). The van der Waals surface area contributed by atoms with E-state index in [9.17, 15) is 9.90 Å². The number of amides is 2. The number of aliphatic hydroxyl groups is 1. The molecule has 1 unspecified atom stereocenters. The SMILES string of the molecule is COc1ccc(CNC(=O)NCCC(O)c2cccn2C)cc1. The third-order valence-corrected chi connectivity index (χ3v) is 3.64. The molecule has 3 N–H and O–H groups in total. The molecule has 6 heteroatoms. The minimum absolute atomic E-state index is 0.250. The molecule has 0 radical (unpaired) electrons. The highest BCUT2D eigenvalue weighted by Crippen LogP contribution is 2.15. The van der Waals surface area contributed by atoms with Crippen LogP contribution in [0, 0.1) is 0 Å². The van der Waals surface area contributed by atoms with Crippen LogP contribution in [-0.4, -0.2) is 29.4 Å². The monoisotopic (exact) mass is 317 g/mol. The predicted molar refractivity (Wildman–Crippen MR) is 88.2 cm³/mol. The van der Waals surface area contributed by atoms with Gasteiger partial charge < -0.3 is 25.0 Å². The summed E-state index contributed by atoms with van der Waals surface area (Å²) in [6, 6.07) is 11.0. The lowest BCUT2D eigenvalue weighted by molar-refractivity contribution is 0.159. The van der Waals surface area contributed by atoms with Crippen LogP contribution < -0.4 is 15.4 Å². The Morgan fingerprint density at radius 3 is 2.61 bits per heavy atom. The lowest BCUT2D eigenvalue weighted by atomic mass is 10.2. The lowest BCUT2D eigenvalue weighted by Crippen LogP contribution is -2.36. The van der Waals surface area contributed by atoms with Gasteiger partial charge in [0, 0.05) is 32.0 Å². The molecule has 1 aromatic carbocycles. The molecular weight excluding hydrogens is 294 g/mol. The van der Waals surface area contributed by atoms with E-state index in [1.807, 2.05) is 54.2 Å². The number of aryl methyl sites for hydroxylation is 1. The van der Waals surface area contributed by atoms with E-state index in [0.29, 0.717) is 19.5 Å². The van der Waals surface area contributed by atoms with Gasteiger partial charge in [-0.2, -0.15) is 0 Å². The number of ether oxygens (including phenoxy) is 1. The van der Waals surface area contributed by atoms with Gasteiger partial charge in [-0.3, -0.25) is 0 Å². The van der Waals surface area contributed by atoms with Gasteiger partial charge in [-0.05, 0) is 36.2 Å². The number of aromatic nitrogens is 1. The summed E-state index contributed by atoms with van der Waals surface area (Å²) in [7, 11) is 3.50. The topological polar surface area (TPSA) is 75.5 Å². The summed E-state index contributed by atoms with van der Waals surface area (Å²) < 4.78 is 6.95. The van der Waals surface area contributed by atoms with E-state index < -0.39 is 6.10 Å². The Hall–Kier alpha value is -2.47. The van der Waals surface area contributed by atoms with Gasteiger partial charge in [0.1, 0.15) is 5.75 Å². The fraction of sp³-hybridized carbons (Fsp3) is 0.353. The standard InChI is InChI=1S/C17H23N3O3/c1-20-11-3-4-15(20)16(21)9-10-18-17(22)19-12-13-5-7-14(23-2)8-6-13/h3-8,11,16,21H,9-10,12H2,1-2H3,(H2,18,19,22). The molecular formula is C17H23N3O3. The zero-order chi connectivity index (χ0) is 16.7. The normalized spacial score (nSPS) is 11.8. The Morgan fingerprint density at radius 1 is 1.26 bits per heavy atom. The van der Waals surface area contributed by atoms with E-state index in [2.05, 4.69) is 10.6 Å². The number of aliphatic hydroxyl groups excluding tert-OH is 1. The Balaban J connectivity index is 1.67. The molecule has 1 heterocycles. The first-order valence-electron chi connectivity index (χ1n) is 7.54. The van der Waals surface area contributed by atoms with Crippen LogP contribution in [0.25, 0.3) is 0 Å². The summed E-state index contributed by atoms with van der Waals surface area (Å²) in [5.41, 5.74) is 1.83. The molecule has 0 bridgehead atoms. The van der Waals surface area contributed by atoms with Gasteiger partial charge in [0.15, 0.2) is 0 Å². The molecule has 0 spiro atoms. The molecule has 0 saturated heterocycles. The van der Waals surface area contributed by atoms with Gasteiger partial charge in [-0.25, -0.2) is 4.79 Å². The predicted octanol–water partition coefficient (Wildman–Crippen LogP) is 1.96. The molecule has 1 atom stereocenters. The van der Waals surface area contributed by atoms with Crippen molar-refractivity contribution in [1.29, 1.82) is 0 Å². The van der Waals surface area contributed by atoms with Crippen molar-refractivity contribution < 1.29 is 14.6 Å². The molecule has 0 aliphatic rings. The van der Waals surface area contributed by atoms with Crippen molar-refractivity contribution in [2.45, 2.75) is 19.1 Å². The third-order valence-electron chi connectivity index (χ3n) is 3.64. The number of rotatable bonds is 7. The van der Waals surface area contributed by atoms with Crippen LogP contribution in [0.2, 0.25) is 0 Å². The van der Waals surface area contributed by atoms with E-state index in [-0.39, 0.29) is 6.03 Å². The number of methoxy groups -OCH3 is 1. The highest BCUT2D eigenvalue weighted by molar-refractivity contribution is 5.73. The number of carbonyl (C=O) groups is 1. The van der Waals surface area contributed by atoms with Gasteiger partial charge >= 0.3 is 6.03 Å². The van der Waals surface area contributed by atoms with Crippen molar-refractivity contribution in [2.75, 3.05) is 13.7 Å². The second-order valence-electron chi connectivity index (χ2n) is 5.31. The van der Waals surface area contributed by atoms with Crippen molar-refractivity contribution in [3.8, 4) is 5.75 Å². The maximum absolute atomic E-state index is 11.7. The molecule has 6 nitrogen and oxygen atoms in total. The molecule has 0 fully saturated rings. The summed E-state index contributed by atoms with van der Waals surface area (Å²) in [6.07, 6.45) is 1.76. The molecule has 0 saturated carbocycles. The molecule has 0 aliphatic carbocycles. The Kier molecular flexibility index (Phi) is 6.05. The van der Waals surface area contributed by atoms with Crippen LogP contribution in [0.5, 0.6) is 5.75 Å². The van der Waals surface area contributed by atoms with Gasteiger partial charge in [0.05, 0.1) is 13.2 Å². The fourth-order valence-corrected chi connectivity index (χ4v) is 2.28. The van der Waals surface area contributed by atoms with Crippen LogP contribution in [0.3, 0.4) is 0 Å². The zero-order valence-corrected chi connectivity index (χ0v) is 13.5. The van der Waals surface area contributed by atoms with E-state index in [4.69, 9.17) is 4.74 Å². The van der Waals surface area contributed by atoms with Gasteiger partial charge in [0.25, 0.3) is 0 Å². The van der Waals surface area contributed by atoms with Crippen molar-refractivity contribution in [3.63, 3.8) is 0 Å². The minimum atomic E-state index is -0.586. The second kappa shape index (κ2) is 8.24. The van der Waals surface area contributed by atoms with Crippen molar-refractivity contribution in [2.24, 2.45) is 7.05 Å². The van der Waals surface area contributed by atoms with E-state index >= 15 is 0 Å². The number of benzene rings is 1. The van der Waals surface area contributed by atoms with E-state index in [1.54, 1.807) is 7.11 Å². The fourth-order valence-electron chi connectivity index (χ4n) is 2.28. The average molecular weight is 317 g/mol. The maximum Gasteiger partial charge on any atom is 0.315 e. The van der Waals surface area contributed by atoms with Gasteiger partial charge in [0.2, 0.25) is 0 Å². The summed E-state index contributed by atoms with van der Waals surface area (Å²) in [4.78, 5) is 11.7. The number of nitrogens with zero attached hydrogens (tertiary/aromatic N) is 1. The third kappa shape index (κ3) is 5.03.